The maximum absolute atomic E-state index is 8.40. The Morgan fingerprint density at radius 2 is 2.00 bits per heavy atom. The Hall–Kier alpha value is -0.200. The van der Waals surface area contributed by atoms with Crippen molar-refractivity contribution in [2.45, 2.75) is 6.10 Å². The van der Waals surface area contributed by atoms with E-state index in [0.717, 1.165) is 0 Å². The molecule has 0 radical (unpaired) electrons. The molecule has 0 spiro atoms. The highest BCUT2D eigenvalue weighted by atomic mass is 16.6. The van der Waals surface area contributed by atoms with Crippen LogP contribution in [0.5, 0.6) is 0 Å². The summed E-state index contributed by atoms with van der Waals surface area (Å²) in [6.07, 6.45) is -0.843. The Kier molecular flexibility index (Phi) is 13.8. The number of hydrogen-bond donors (Lipinski definition) is 4. The molecule has 1 atom stereocenters. The van der Waals surface area contributed by atoms with Gasteiger partial charge >= 0.3 is 0 Å². The summed E-state index contributed by atoms with van der Waals surface area (Å²) in [5, 5.41) is 16.5. The highest BCUT2D eigenvalue weighted by Gasteiger charge is 1.97. The van der Waals surface area contributed by atoms with Gasteiger partial charge in [0, 0.05) is 0 Å². The fraction of sp³-hybridized carbons (Fsp3) is 1.00. The van der Waals surface area contributed by atoms with Gasteiger partial charge in [-0.2, -0.15) is 0 Å². The van der Waals surface area contributed by atoms with Crippen LogP contribution in [0.15, 0.2) is 0 Å². The molecule has 0 aliphatic heterocycles. The molecule has 0 aromatic heterocycles. The number of aliphatic hydroxyl groups is 2. The number of hydrogen-bond acceptors (Lipinski definition) is 5. The molecule has 0 aromatic carbocycles. The summed E-state index contributed by atoms with van der Waals surface area (Å²) in [6, 6.07) is 0. The molecule has 5 heteroatoms. The van der Waals surface area contributed by atoms with Gasteiger partial charge in [0.25, 0.3) is 0 Å². The van der Waals surface area contributed by atoms with Crippen molar-refractivity contribution in [3.8, 4) is 0 Å². The molecular formula is C4H14N2O3. The quantitative estimate of drug-likeness (QED) is 0.332. The van der Waals surface area contributed by atoms with Gasteiger partial charge in [0.15, 0.2) is 0 Å². The molecule has 0 bridgehead atoms. The van der Waals surface area contributed by atoms with E-state index in [4.69, 9.17) is 10.2 Å². The van der Waals surface area contributed by atoms with Gasteiger partial charge in [-0.05, 0) is 7.05 Å². The van der Waals surface area contributed by atoms with Crippen molar-refractivity contribution < 1.29 is 15.1 Å². The van der Waals surface area contributed by atoms with E-state index in [1.165, 1.54) is 7.05 Å². The molecule has 0 unspecified atom stereocenters. The summed E-state index contributed by atoms with van der Waals surface area (Å²) in [7, 11) is 1.50. The smallest absolute Gasteiger partial charge is 0.102 e. The number of rotatable bonds is 3. The van der Waals surface area contributed by atoms with Gasteiger partial charge in [-0.15, -0.1) is 0 Å². The summed E-state index contributed by atoms with van der Waals surface area (Å²) in [5.74, 6) is 4.53. The summed E-state index contributed by atoms with van der Waals surface area (Å²) in [6.45, 7) is -0.326. The van der Waals surface area contributed by atoms with Crippen molar-refractivity contribution >= 4 is 0 Å². The lowest BCUT2D eigenvalue weighted by Crippen LogP contribution is -2.21. The van der Waals surface area contributed by atoms with E-state index in [0.29, 0.717) is 0 Å². The first-order valence-corrected chi connectivity index (χ1v) is 2.49. The molecule has 0 saturated carbocycles. The van der Waals surface area contributed by atoms with Gasteiger partial charge in [0.2, 0.25) is 0 Å². The van der Waals surface area contributed by atoms with Crippen LogP contribution in [0.4, 0.5) is 0 Å². The zero-order chi connectivity index (χ0) is 7.70. The van der Waals surface area contributed by atoms with Crippen LogP contribution in [-0.4, -0.2) is 36.6 Å². The predicted molar refractivity (Wildman–Crippen MR) is 33.3 cm³/mol. The van der Waals surface area contributed by atoms with Crippen LogP contribution in [0.1, 0.15) is 0 Å². The monoisotopic (exact) mass is 138 g/mol. The summed E-state index contributed by atoms with van der Waals surface area (Å²) in [4.78, 5) is 3.98. The summed E-state index contributed by atoms with van der Waals surface area (Å²) < 4.78 is 0. The summed E-state index contributed by atoms with van der Waals surface area (Å²) >= 11 is 0. The molecule has 0 aliphatic rings. The molecule has 6 N–H and O–H groups in total. The van der Waals surface area contributed by atoms with E-state index >= 15 is 0 Å². The van der Waals surface area contributed by atoms with Crippen LogP contribution in [0.25, 0.3) is 0 Å². The first-order valence-electron chi connectivity index (χ1n) is 2.49. The van der Waals surface area contributed by atoms with Crippen LogP contribution >= 0.6 is 0 Å². The second kappa shape index (κ2) is 10.7. The van der Waals surface area contributed by atoms with Crippen molar-refractivity contribution in [3.05, 3.63) is 0 Å². The fourth-order valence-corrected chi connectivity index (χ4v) is 0.164. The van der Waals surface area contributed by atoms with E-state index in [-0.39, 0.29) is 13.2 Å². The number of aliphatic hydroxyl groups excluding tert-OH is 2. The number of nitrogens with two attached hydrogens (primary N) is 2. The molecule has 0 saturated heterocycles. The van der Waals surface area contributed by atoms with E-state index in [2.05, 4.69) is 16.5 Å². The van der Waals surface area contributed by atoms with Crippen molar-refractivity contribution in [3.63, 3.8) is 0 Å². The SMILES string of the molecule is CN.NOC[C@@H](O)CO. The van der Waals surface area contributed by atoms with Crippen molar-refractivity contribution in [1.82, 2.24) is 0 Å². The molecule has 0 amide bonds. The van der Waals surface area contributed by atoms with E-state index < -0.39 is 6.10 Å². The van der Waals surface area contributed by atoms with Gasteiger partial charge < -0.3 is 20.8 Å². The molecule has 58 valence electrons. The van der Waals surface area contributed by atoms with Gasteiger partial charge in [-0.3, -0.25) is 0 Å². The van der Waals surface area contributed by atoms with Gasteiger partial charge in [-0.25, -0.2) is 5.90 Å². The molecular weight excluding hydrogens is 124 g/mol. The van der Waals surface area contributed by atoms with Gasteiger partial charge in [0.05, 0.1) is 13.2 Å². The summed E-state index contributed by atoms with van der Waals surface area (Å²) in [5.41, 5.74) is 4.50. The maximum atomic E-state index is 8.40. The topological polar surface area (TPSA) is 102 Å². The Balaban J connectivity index is 0. The van der Waals surface area contributed by atoms with Crippen LogP contribution in [-0.2, 0) is 4.84 Å². The van der Waals surface area contributed by atoms with E-state index in [1.54, 1.807) is 0 Å². The second-order valence-corrected chi connectivity index (χ2v) is 1.17. The minimum Gasteiger partial charge on any atom is -0.394 e. The minimum absolute atomic E-state index is 0.0174. The predicted octanol–water partition coefficient (Wildman–Crippen LogP) is -2.20. The highest BCUT2D eigenvalue weighted by Crippen LogP contribution is 1.76. The van der Waals surface area contributed by atoms with E-state index in [9.17, 15) is 0 Å². The van der Waals surface area contributed by atoms with Gasteiger partial charge in [-0.1, -0.05) is 0 Å². The minimum atomic E-state index is -0.843. The zero-order valence-electron chi connectivity index (χ0n) is 5.45. The molecule has 0 aromatic rings. The lowest BCUT2D eigenvalue weighted by Gasteiger charge is -2.01. The molecule has 0 rings (SSSR count). The van der Waals surface area contributed by atoms with Crippen molar-refractivity contribution in [1.29, 1.82) is 0 Å². The van der Waals surface area contributed by atoms with Crippen molar-refractivity contribution in [2.75, 3.05) is 20.3 Å². The Morgan fingerprint density at radius 3 is 2.11 bits per heavy atom. The van der Waals surface area contributed by atoms with Crippen LogP contribution in [0.2, 0.25) is 0 Å². The van der Waals surface area contributed by atoms with Crippen LogP contribution < -0.4 is 11.6 Å². The van der Waals surface area contributed by atoms with Gasteiger partial charge in [0.1, 0.15) is 6.10 Å². The Labute approximate surface area is 54.2 Å². The molecule has 5 nitrogen and oxygen atoms in total. The largest absolute Gasteiger partial charge is 0.394 e. The molecule has 9 heavy (non-hydrogen) atoms. The third-order valence-electron chi connectivity index (χ3n) is 0.499. The van der Waals surface area contributed by atoms with Crippen LogP contribution in [0.3, 0.4) is 0 Å². The third-order valence-corrected chi connectivity index (χ3v) is 0.499. The molecule has 0 heterocycles. The van der Waals surface area contributed by atoms with E-state index in [1.807, 2.05) is 0 Å². The second-order valence-electron chi connectivity index (χ2n) is 1.17. The first-order chi connectivity index (χ1) is 4.31. The first kappa shape index (κ1) is 11.6. The molecule has 0 aliphatic carbocycles. The normalized spacial score (nSPS) is 11.7. The zero-order valence-corrected chi connectivity index (χ0v) is 5.45. The molecule has 0 fully saturated rings. The lowest BCUT2D eigenvalue weighted by atomic mass is 10.4. The maximum Gasteiger partial charge on any atom is 0.102 e. The standard InChI is InChI=1S/C3H9NO3.CH5N/c4-7-2-3(6)1-5;1-2/h3,5-6H,1-2,4H2;2H2,1H3/t3-;/m0./s1. The van der Waals surface area contributed by atoms with Crippen LogP contribution in [0, 0.1) is 0 Å². The fourth-order valence-electron chi connectivity index (χ4n) is 0.164. The van der Waals surface area contributed by atoms with Crippen molar-refractivity contribution in [2.24, 2.45) is 11.6 Å². The Morgan fingerprint density at radius 1 is 1.56 bits per heavy atom. The Bertz CT molecular complexity index is 44.8. The average molecular weight is 138 g/mol. The highest BCUT2D eigenvalue weighted by molar-refractivity contribution is 4.45. The average Bonchev–Trinajstić information content (AvgIpc) is 1.93. The third kappa shape index (κ3) is 11.4. The lowest BCUT2D eigenvalue weighted by molar-refractivity contribution is 0.00574.